The molecule has 0 aromatic heterocycles. The Balaban J connectivity index is 2.01. The highest BCUT2D eigenvalue weighted by Crippen LogP contribution is 2.44. The molecule has 4 rings (SSSR count). The zero-order valence-electron chi connectivity index (χ0n) is 19.9. The Bertz CT molecular complexity index is 1310. The number of para-hydroxylation sites is 1. The summed E-state index contributed by atoms with van der Waals surface area (Å²) >= 11 is 0. The average molecular weight is 458 g/mol. The molecule has 0 saturated carbocycles. The zero-order valence-corrected chi connectivity index (χ0v) is 19.9. The molecule has 174 valence electrons. The van der Waals surface area contributed by atoms with Crippen molar-refractivity contribution in [3.8, 4) is 11.5 Å². The third-order valence-corrected chi connectivity index (χ3v) is 6.13. The second kappa shape index (κ2) is 9.06. The molecular weight excluding hydrogens is 430 g/mol. The fraction of sp³-hybridized carbons (Fsp3) is 0.214. The van der Waals surface area contributed by atoms with E-state index in [4.69, 9.17) is 9.47 Å². The number of ether oxygens (including phenoxy) is 2. The molecule has 3 aromatic carbocycles. The molecule has 0 spiro atoms. The van der Waals surface area contributed by atoms with Gasteiger partial charge in [-0.15, -0.1) is 0 Å². The van der Waals surface area contributed by atoms with Crippen LogP contribution in [0.5, 0.6) is 11.5 Å². The number of ketones is 1. The van der Waals surface area contributed by atoms with E-state index >= 15 is 0 Å². The van der Waals surface area contributed by atoms with Gasteiger partial charge in [-0.25, -0.2) is 0 Å². The molecule has 1 unspecified atom stereocenters. The monoisotopic (exact) mass is 457 g/mol. The quantitative estimate of drug-likeness (QED) is 0.322. The summed E-state index contributed by atoms with van der Waals surface area (Å²) in [5.41, 5.74) is 4.23. The minimum atomic E-state index is -0.822. The second-order valence-corrected chi connectivity index (χ2v) is 8.39. The largest absolute Gasteiger partial charge is 0.507 e. The molecule has 1 atom stereocenters. The number of Topliss-reactive ketones (excluding diaryl/α,β-unsaturated/α-hetero) is 1. The molecule has 1 saturated heterocycles. The molecule has 6 heteroatoms. The number of rotatable bonds is 5. The number of aliphatic hydroxyl groups excluding tert-OH is 1. The molecule has 1 N–H and O–H groups in total. The minimum Gasteiger partial charge on any atom is -0.507 e. The van der Waals surface area contributed by atoms with Crippen LogP contribution in [-0.4, -0.2) is 31.0 Å². The van der Waals surface area contributed by atoms with Crippen molar-refractivity contribution in [1.82, 2.24) is 0 Å². The minimum absolute atomic E-state index is 0.0155. The summed E-state index contributed by atoms with van der Waals surface area (Å²) in [6, 6.07) is 17.4. The van der Waals surface area contributed by atoms with Crippen LogP contribution in [-0.2, 0) is 9.59 Å². The van der Waals surface area contributed by atoms with E-state index in [9.17, 15) is 14.7 Å². The van der Waals surface area contributed by atoms with Gasteiger partial charge < -0.3 is 14.6 Å². The van der Waals surface area contributed by atoms with E-state index in [1.54, 1.807) is 43.5 Å². The predicted octanol–water partition coefficient (Wildman–Crippen LogP) is 5.26. The van der Waals surface area contributed by atoms with Crippen molar-refractivity contribution in [3.05, 3.63) is 94.1 Å². The van der Waals surface area contributed by atoms with Crippen LogP contribution in [0.1, 0.15) is 33.9 Å². The lowest BCUT2D eigenvalue weighted by Gasteiger charge is -2.27. The first-order valence-electron chi connectivity index (χ1n) is 10.9. The van der Waals surface area contributed by atoms with Gasteiger partial charge in [-0.1, -0.05) is 36.4 Å². The number of aliphatic hydroxyl groups is 1. The number of hydrogen-bond donors (Lipinski definition) is 1. The number of benzene rings is 3. The van der Waals surface area contributed by atoms with E-state index in [0.29, 0.717) is 28.3 Å². The first kappa shape index (κ1) is 23.1. The van der Waals surface area contributed by atoms with Crippen molar-refractivity contribution in [2.24, 2.45) is 0 Å². The van der Waals surface area contributed by atoms with Crippen LogP contribution in [0.25, 0.3) is 5.76 Å². The molecule has 1 amide bonds. The summed E-state index contributed by atoms with van der Waals surface area (Å²) in [6.45, 7) is 5.65. The molecule has 1 aliphatic heterocycles. The normalized spacial score (nSPS) is 17.2. The van der Waals surface area contributed by atoms with Gasteiger partial charge >= 0.3 is 0 Å². The molecule has 1 aliphatic rings. The summed E-state index contributed by atoms with van der Waals surface area (Å²) in [5, 5.41) is 11.5. The van der Waals surface area contributed by atoms with Gasteiger partial charge in [-0.3, -0.25) is 14.5 Å². The molecule has 0 bridgehead atoms. The van der Waals surface area contributed by atoms with Gasteiger partial charge in [-0.05, 0) is 67.3 Å². The number of carbonyl (C=O) groups excluding carboxylic acids is 2. The standard InChI is InChI=1S/C28H27NO5/c1-16-14-18(3)27(34-5)21(15-16)25(30)23-24(19-10-12-20(33-4)13-11-19)29(28(32)26(23)31)22-9-7-6-8-17(22)2/h6-15,24,30H,1-5H3/b25-23+. The highest BCUT2D eigenvalue weighted by molar-refractivity contribution is 6.51. The summed E-state index contributed by atoms with van der Waals surface area (Å²) in [7, 11) is 3.09. The van der Waals surface area contributed by atoms with Crippen LogP contribution >= 0.6 is 0 Å². The van der Waals surface area contributed by atoms with Crippen LogP contribution in [0.3, 0.4) is 0 Å². The van der Waals surface area contributed by atoms with E-state index in [-0.39, 0.29) is 11.3 Å². The highest BCUT2D eigenvalue weighted by atomic mass is 16.5. The number of hydrogen-bond acceptors (Lipinski definition) is 5. The lowest BCUT2D eigenvalue weighted by Crippen LogP contribution is -2.30. The summed E-state index contributed by atoms with van der Waals surface area (Å²) in [4.78, 5) is 28.2. The Hall–Kier alpha value is -4.06. The van der Waals surface area contributed by atoms with Gasteiger partial charge in [-0.2, -0.15) is 0 Å². The third kappa shape index (κ3) is 3.81. The number of methoxy groups -OCH3 is 2. The maximum absolute atomic E-state index is 13.4. The lowest BCUT2D eigenvalue weighted by atomic mass is 9.93. The number of anilines is 1. The fourth-order valence-electron chi connectivity index (χ4n) is 4.56. The molecule has 6 nitrogen and oxygen atoms in total. The van der Waals surface area contributed by atoms with Crippen molar-refractivity contribution >= 4 is 23.1 Å². The topological polar surface area (TPSA) is 76.1 Å². The molecule has 3 aromatic rings. The molecule has 1 heterocycles. The molecule has 0 aliphatic carbocycles. The lowest BCUT2D eigenvalue weighted by molar-refractivity contribution is -0.132. The van der Waals surface area contributed by atoms with Crippen molar-refractivity contribution in [2.45, 2.75) is 26.8 Å². The number of carbonyl (C=O) groups is 2. The van der Waals surface area contributed by atoms with E-state index in [1.807, 2.05) is 45.0 Å². The predicted molar refractivity (Wildman–Crippen MR) is 131 cm³/mol. The van der Waals surface area contributed by atoms with Gasteiger partial charge in [0.2, 0.25) is 0 Å². The average Bonchev–Trinajstić information content (AvgIpc) is 3.09. The van der Waals surface area contributed by atoms with Gasteiger partial charge in [0, 0.05) is 5.69 Å². The van der Waals surface area contributed by atoms with Gasteiger partial charge in [0.15, 0.2) is 0 Å². The second-order valence-electron chi connectivity index (χ2n) is 8.39. The number of amides is 1. The molecular formula is C28H27NO5. The zero-order chi connectivity index (χ0) is 24.6. The summed E-state index contributed by atoms with van der Waals surface area (Å²) < 4.78 is 10.8. The highest BCUT2D eigenvalue weighted by Gasteiger charge is 2.47. The van der Waals surface area contributed by atoms with Crippen molar-refractivity contribution in [3.63, 3.8) is 0 Å². The van der Waals surface area contributed by atoms with Gasteiger partial charge in [0.1, 0.15) is 17.3 Å². The van der Waals surface area contributed by atoms with E-state index in [2.05, 4.69) is 0 Å². The van der Waals surface area contributed by atoms with Crippen LogP contribution in [0.4, 0.5) is 5.69 Å². The van der Waals surface area contributed by atoms with Crippen LogP contribution < -0.4 is 14.4 Å². The summed E-state index contributed by atoms with van der Waals surface area (Å²) in [5.74, 6) is -0.604. The van der Waals surface area contributed by atoms with Crippen LogP contribution in [0, 0.1) is 20.8 Å². The van der Waals surface area contributed by atoms with Crippen molar-refractivity contribution < 1.29 is 24.2 Å². The Morgan fingerprint density at radius 3 is 2.18 bits per heavy atom. The molecule has 0 radical (unpaired) electrons. The van der Waals surface area contributed by atoms with E-state index in [0.717, 1.165) is 16.7 Å². The Morgan fingerprint density at radius 2 is 1.56 bits per heavy atom. The maximum Gasteiger partial charge on any atom is 0.300 e. The van der Waals surface area contributed by atoms with Crippen LogP contribution in [0.15, 0.2) is 66.2 Å². The van der Waals surface area contributed by atoms with Crippen LogP contribution in [0.2, 0.25) is 0 Å². The maximum atomic E-state index is 13.4. The SMILES string of the molecule is COc1ccc(C2/C(=C(\O)c3cc(C)cc(C)c3OC)C(=O)C(=O)N2c2ccccc2C)cc1. The van der Waals surface area contributed by atoms with Gasteiger partial charge in [0.05, 0.1) is 31.4 Å². The summed E-state index contributed by atoms with van der Waals surface area (Å²) in [6.07, 6.45) is 0. The number of nitrogens with zero attached hydrogens (tertiary/aromatic N) is 1. The van der Waals surface area contributed by atoms with Crippen molar-refractivity contribution in [2.75, 3.05) is 19.1 Å². The molecule has 1 fully saturated rings. The van der Waals surface area contributed by atoms with E-state index < -0.39 is 17.7 Å². The number of aryl methyl sites for hydroxylation is 3. The fourth-order valence-corrected chi connectivity index (χ4v) is 4.56. The Morgan fingerprint density at radius 1 is 0.882 bits per heavy atom. The Labute approximate surface area is 199 Å². The molecule has 34 heavy (non-hydrogen) atoms. The van der Waals surface area contributed by atoms with E-state index in [1.165, 1.54) is 12.0 Å². The first-order valence-corrected chi connectivity index (χ1v) is 10.9. The first-order chi connectivity index (χ1) is 16.3. The van der Waals surface area contributed by atoms with Crippen molar-refractivity contribution in [1.29, 1.82) is 0 Å². The Kier molecular flexibility index (Phi) is 6.16. The third-order valence-electron chi connectivity index (χ3n) is 6.13. The smallest absolute Gasteiger partial charge is 0.300 e. The van der Waals surface area contributed by atoms with Gasteiger partial charge in [0.25, 0.3) is 11.7 Å².